The van der Waals surface area contributed by atoms with Crippen molar-refractivity contribution in [1.29, 1.82) is 5.41 Å². The number of aromatic nitrogens is 3. The van der Waals surface area contributed by atoms with Crippen molar-refractivity contribution in [3.8, 4) is 0 Å². The van der Waals surface area contributed by atoms with Gasteiger partial charge in [0.1, 0.15) is 11.5 Å². The number of amidine groups is 1. The van der Waals surface area contributed by atoms with Crippen molar-refractivity contribution in [3.63, 3.8) is 0 Å². The van der Waals surface area contributed by atoms with Crippen LogP contribution < -0.4 is 11.3 Å². The summed E-state index contributed by atoms with van der Waals surface area (Å²) in [5, 5.41) is 12.0. The molecule has 0 atom stereocenters. The fourth-order valence-electron chi connectivity index (χ4n) is 2.23. The van der Waals surface area contributed by atoms with Crippen LogP contribution in [-0.4, -0.2) is 20.6 Å². The molecule has 0 bridgehead atoms. The summed E-state index contributed by atoms with van der Waals surface area (Å²) in [4.78, 5) is 3.91. The molecular formula is C14H11F3N6. The minimum absolute atomic E-state index is 0.0549. The molecule has 4 N–H and O–H groups in total. The Morgan fingerprint density at radius 3 is 2.83 bits per heavy atom. The second kappa shape index (κ2) is 5.69. The van der Waals surface area contributed by atoms with Crippen LogP contribution in [0, 0.1) is 22.9 Å². The molecule has 0 spiro atoms. The van der Waals surface area contributed by atoms with Gasteiger partial charge in [-0.1, -0.05) is 12.1 Å². The summed E-state index contributed by atoms with van der Waals surface area (Å²) in [5.41, 5.74) is 2.46. The molecule has 6 nitrogen and oxygen atoms in total. The molecule has 0 saturated heterocycles. The summed E-state index contributed by atoms with van der Waals surface area (Å²) >= 11 is 0. The molecule has 0 fully saturated rings. The van der Waals surface area contributed by atoms with E-state index in [0.29, 0.717) is 0 Å². The molecular weight excluding hydrogens is 309 g/mol. The third-order valence-electron chi connectivity index (χ3n) is 3.29. The van der Waals surface area contributed by atoms with Crippen molar-refractivity contribution >= 4 is 16.9 Å². The molecule has 0 saturated carbocycles. The van der Waals surface area contributed by atoms with Gasteiger partial charge in [-0.15, -0.1) is 0 Å². The van der Waals surface area contributed by atoms with E-state index in [2.05, 4.69) is 15.5 Å². The first-order chi connectivity index (χ1) is 11.0. The first-order valence-corrected chi connectivity index (χ1v) is 6.51. The largest absolute Gasteiger partial charge is 0.307 e. The number of fused-ring (bicyclic) bond motifs is 1. The van der Waals surface area contributed by atoms with E-state index in [1.807, 2.05) is 0 Å². The van der Waals surface area contributed by atoms with E-state index in [9.17, 15) is 13.2 Å². The maximum Gasteiger partial charge on any atom is 0.163 e. The highest BCUT2D eigenvalue weighted by Gasteiger charge is 2.17. The number of hydrogen-bond donors (Lipinski definition) is 3. The summed E-state index contributed by atoms with van der Waals surface area (Å²) < 4.78 is 41.8. The Kier molecular flexibility index (Phi) is 3.70. The van der Waals surface area contributed by atoms with Gasteiger partial charge in [-0.2, -0.15) is 5.10 Å². The number of nitrogens with zero attached hydrogens (tertiary/aromatic N) is 3. The fourth-order valence-corrected chi connectivity index (χ4v) is 2.23. The molecule has 1 aromatic carbocycles. The van der Waals surface area contributed by atoms with Gasteiger partial charge >= 0.3 is 0 Å². The molecule has 3 rings (SSSR count). The Balaban J connectivity index is 2.14. The van der Waals surface area contributed by atoms with Crippen LogP contribution in [-0.2, 0) is 6.54 Å². The fraction of sp³-hybridized carbons (Fsp3) is 0.0714. The van der Waals surface area contributed by atoms with Crippen LogP contribution in [0.1, 0.15) is 11.3 Å². The van der Waals surface area contributed by atoms with Gasteiger partial charge in [0.15, 0.2) is 23.1 Å². The quantitative estimate of drug-likeness (QED) is 0.296. The van der Waals surface area contributed by atoms with Crippen LogP contribution in [0.25, 0.3) is 11.0 Å². The van der Waals surface area contributed by atoms with Gasteiger partial charge in [0.25, 0.3) is 0 Å². The molecule has 118 valence electrons. The maximum atomic E-state index is 13.8. The highest BCUT2D eigenvalue weighted by atomic mass is 19.2. The van der Waals surface area contributed by atoms with Crippen molar-refractivity contribution in [2.75, 3.05) is 0 Å². The molecule has 0 unspecified atom stereocenters. The third kappa shape index (κ3) is 2.61. The van der Waals surface area contributed by atoms with E-state index in [1.54, 1.807) is 0 Å². The molecule has 0 amide bonds. The molecule has 9 heteroatoms. The number of pyridine rings is 1. The van der Waals surface area contributed by atoms with Crippen molar-refractivity contribution in [3.05, 3.63) is 59.2 Å². The Morgan fingerprint density at radius 1 is 1.30 bits per heavy atom. The van der Waals surface area contributed by atoms with E-state index in [0.717, 1.165) is 18.3 Å². The van der Waals surface area contributed by atoms with Crippen LogP contribution >= 0.6 is 0 Å². The van der Waals surface area contributed by atoms with E-state index in [1.165, 1.54) is 16.8 Å². The van der Waals surface area contributed by atoms with E-state index in [4.69, 9.17) is 11.3 Å². The van der Waals surface area contributed by atoms with Gasteiger partial charge in [-0.25, -0.2) is 28.7 Å². The topological polar surface area (TPSA) is 92.6 Å². The van der Waals surface area contributed by atoms with Crippen LogP contribution in [0.15, 0.2) is 30.5 Å². The van der Waals surface area contributed by atoms with Crippen molar-refractivity contribution in [1.82, 2.24) is 20.2 Å². The third-order valence-corrected chi connectivity index (χ3v) is 3.29. The normalized spacial score (nSPS) is 11.0. The van der Waals surface area contributed by atoms with Crippen molar-refractivity contribution in [2.24, 2.45) is 5.84 Å². The number of nitrogens with one attached hydrogen (secondary N) is 2. The second-order valence-corrected chi connectivity index (χ2v) is 4.76. The van der Waals surface area contributed by atoms with Gasteiger partial charge < -0.3 is 5.43 Å². The molecule has 3 aromatic rings. The molecule has 0 aliphatic heterocycles. The number of hydrogen-bond acceptors (Lipinski definition) is 4. The standard InChI is InChI=1S/C14H11F3N6/c15-8-4-9-12(13(18)21-19)22-23(14(9)20-5-8)6-7-2-1-3-10(16)11(7)17/h1-5H,6,19H2,(H2,18,21). The van der Waals surface area contributed by atoms with Crippen LogP contribution in [0.5, 0.6) is 0 Å². The summed E-state index contributed by atoms with van der Waals surface area (Å²) in [5.74, 6) is 2.36. The number of hydrazine groups is 1. The molecule has 0 aliphatic carbocycles. The number of halogens is 3. The Hall–Kier alpha value is -2.94. The zero-order valence-electron chi connectivity index (χ0n) is 11.6. The highest BCUT2D eigenvalue weighted by Crippen LogP contribution is 2.20. The number of benzene rings is 1. The van der Waals surface area contributed by atoms with E-state index < -0.39 is 17.5 Å². The number of rotatable bonds is 3. The summed E-state index contributed by atoms with van der Waals surface area (Å²) in [6, 6.07) is 4.93. The monoisotopic (exact) mass is 320 g/mol. The Morgan fingerprint density at radius 2 is 2.09 bits per heavy atom. The lowest BCUT2D eigenvalue weighted by molar-refractivity contribution is 0.493. The van der Waals surface area contributed by atoms with Gasteiger partial charge in [-0.05, 0) is 12.1 Å². The van der Waals surface area contributed by atoms with Crippen molar-refractivity contribution in [2.45, 2.75) is 6.54 Å². The van der Waals surface area contributed by atoms with Crippen molar-refractivity contribution < 1.29 is 13.2 Å². The minimum Gasteiger partial charge on any atom is -0.307 e. The van der Waals surface area contributed by atoms with Crippen LogP contribution in [0.3, 0.4) is 0 Å². The lowest BCUT2D eigenvalue weighted by atomic mass is 10.2. The predicted octanol–water partition coefficient (Wildman–Crippen LogP) is 1.69. The Bertz CT molecular complexity index is 905. The first kappa shape index (κ1) is 15.0. The minimum atomic E-state index is -0.994. The first-order valence-electron chi connectivity index (χ1n) is 6.51. The molecule has 23 heavy (non-hydrogen) atoms. The Labute approximate surface area is 128 Å². The van der Waals surface area contributed by atoms with Gasteiger partial charge in [0, 0.05) is 5.56 Å². The second-order valence-electron chi connectivity index (χ2n) is 4.76. The number of nitrogens with two attached hydrogens (primary N) is 1. The highest BCUT2D eigenvalue weighted by molar-refractivity contribution is 6.05. The average molecular weight is 320 g/mol. The summed E-state index contributed by atoms with van der Waals surface area (Å²) in [7, 11) is 0. The van der Waals surface area contributed by atoms with Crippen LogP contribution in [0.2, 0.25) is 0 Å². The zero-order chi connectivity index (χ0) is 16.6. The molecule has 0 aliphatic rings. The molecule has 2 heterocycles. The van der Waals surface area contributed by atoms with E-state index >= 15 is 0 Å². The summed E-state index contributed by atoms with van der Waals surface area (Å²) in [6.45, 7) is -0.128. The average Bonchev–Trinajstić information content (AvgIpc) is 2.89. The lowest BCUT2D eigenvalue weighted by Gasteiger charge is -2.05. The lowest BCUT2D eigenvalue weighted by Crippen LogP contribution is -2.30. The van der Waals surface area contributed by atoms with Gasteiger partial charge in [-0.3, -0.25) is 5.41 Å². The zero-order valence-corrected chi connectivity index (χ0v) is 11.6. The molecule has 0 radical (unpaired) electrons. The summed E-state index contributed by atoms with van der Waals surface area (Å²) in [6.07, 6.45) is 0.978. The van der Waals surface area contributed by atoms with Crippen LogP contribution in [0.4, 0.5) is 13.2 Å². The van der Waals surface area contributed by atoms with Gasteiger partial charge in [0.05, 0.1) is 18.1 Å². The maximum absolute atomic E-state index is 13.8. The SMILES string of the molecule is N=C(NN)c1nn(Cc2cccc(F)c2F)c2ncc(F)cc12. The van der Waals surface area contributed by atoms with E-state index in [-0.39, 0.29) is 34.7 Å². The predicted molar refractivity (Wildman–Crippen MR) is 77.1 cm³/mol. The molecule has 2 aromatic heterocycles. The smallest absolute Gasteiger partial charge is 0.163 e. The van der Waals surface area contributed by atoms with Gasteiger partial charge in [0.2, 0.25) is 0 Å².